The summed E-state index contributed by atoms with van der Waals surface area (Å²) in [6, 6.07) is 24.4. The fraction of sp³-hybridized carbons (Fsp3) is 0.231. The number of fused-ring (bicyclic) bond motifs is 2. The van der Waals surface area contributed by atoms with Crippen molar-refractivity contribution in [3.8, 4) is 0 Å². The fourth-order valence-electron chi connectivity index (χ4n) is 4.41. The van der Waals surface area contributed by atoms with E-state index >= 15 is 0 Å². The van der Waals surface area contributed by atoms with Gasteiger partial charge in [0.2, 0.25) is 7.14 Å². The zero-order valence-corrected chi connectivity index (χ0v) is 19.1. The molecule has 0 N–H and O–H groups in total. The highest BCUT2D eigenvalue weighted by atomic mass is 31.2. The molecule has 0 atom stereocenters. The molecule has 158 valence electrons. The first-order valence-corrected chi connectivity index (χ1v) is 12.2. The Kier molecular flexibility index (Phi) is 5.23. The van der Waals surface area contributed by atoms with E-state index in [-0.39, 0.29) is 11.6 Å². The van der Waals surface area contributed by atoms with Crippen LogP contribution in [0.2, 0.25) is 0 Å². The monoisotopic (exact) mass is 431 g/mol. The SMILES string of the molecule is CC(=O)P(=O)(Cc1ccc2c(c1)C(C)(C)c1ccccc1N2c1ccccc1)C(C)=O. The van der Waals surface area contributed by atoms with Crippen LogP contribution in [0.4, 0.5) is 17.1 Å². The topological polar surface area (TPSA) is 54.5 Å². The van der Waals surface area contributed by atoms with E-state index in [0.717, 1.165) is 28.2 Å². The normalized spacial score (nSPS) is 14.5. The molecular formula is C26H26NO3P. The van der Waals surface area contributed by atoms with Crippen molar-refractivity contribution in [2.45, 2.75) is 39.3 Å². The number of nitrogens with zero attached hydrogens (tertiary/aromatic N) is 1. The summed E-state index contributed by atoms with van der Waals surface area (Å²) in [5.41, 5.74) is 4.85. The van der Waals surface area contributed by atoms with Crippen molar-refractivity contribution < 1.29 is 14.2 Å². The average molecular weight is 431 g/mol. The van der Waals surface area contributed by atoms with Gasteiger partial charge in [-0.15, -0.1) is 0 Å². The number of benzene rings is 3. The maximum absolute atomic E-state index is 13.1. The third-order valence-electron chi connectivity index (χ3n) is 6.23. The van der Waals surface area contributed by atoms with Gasteiger partial charge in [-0.05, 0) is 41.0 Å². The molecule has 0 fully saturated rings. The molecular weight excluding hydrogens is 405 g/mol. The molecule has 0 aromatic heterocycles. The Balaban J connectivity index is 1.91. The van der Waals surface area contributed by atoms with Gasteiger partial charge in [-0.1, -0.05) is 62.4 Å². The third-order valence-corrected chi connectivity index (χ3v) is 9.08. The summed E-state index contributed by atoms with van der Waals surface area (Å²) >= 11 is 0. The molecule has 31 heavy (non-hydrogen) atoms. The lowest BCUT2D eigenvalue weighted by molar-refractivity contribution is -0.113. The molecule has 1 aliphatic heterocycles. The number of hydrogen-bond donors (Lipinski definition) is 0. The molecule has 0 radical (unpaired) electrons. The predicted molar refractivity (Wildman–Crippen MR) is 126 cm³/mol. The maximum Gasteiger partial charge on any atom is 0.214 e. The van der Waals surface area contributed by atoms with Crippen LogP contribution in [0.5, 0.6) is 0 Å². The molecule has 4 nitrogen and oxygen atoms in total. The van der Waals surface area contributed by atoms with Gasteiger partial charge >= 0.3 is 0 Å². The van der Waals surface area contributed by atoms with Crippen LogP contribution in [0.15, 0.2) is 72.8 Å². The summed E-state index contributed by atoms with van der Waals surface area (Å²) in [5, 5.41) is 0. The first kappa shape index (κ1) is 21.3. The molecule has 3 aromatic carbocycles. The van der Waals surface area contributed by atoms with Gasteiger partial charge in [-0.3, -0.25) is 9.59 Å². The van der Waals surface area contributed by atoms with Crippen LogP contribution in [0.1, 0.15) is 44.4 Å². The van der Waals surface area contributed by atoms with Gasteiger partial charge in [0.15, 0.2) is 11.0 Å². The largest absolute Gasteiger partial charge is 0.310 e. The van der Waals surface area contributed by atoms with Crippen LogP contribution in [0, 0.1) is 0 Å². The van der Waals surface area contributed by atoms with Gasteiger partial charge in [0.1, 0.15) is 0 Å². The van der Waals surface area contributed by atoms with Crippen molar-refractivity contribution in [3.63, 3.8) is 0 Å². The van der Waals surface area contributed by atoms with Crippen molar-refractivity contribution in [1.82, 2.24) is 0 Å². The number of rotatable bonds is 5. The van der Waals surface area contributed by atoms with Crippen LogP contribution in [-0.2, 0) is 25.7 Å². The Morgan fingerprint density at radius 3 is 2.03 bits per heavy atom. The van der Waals surface area contributed by atoms with Crippen LogP contribution >= 0.6 is 7.14 Å². The highest BCUT2D eigenvalue weighted by molar-refractivity contribution is 7.93. The summed E-state index contributed by atoms with van der Waals surface area (Å²) in [6.45, 7) is 6.84. The molecule has 0 unspecified atom stereocenters. The molecule has 0 spiro atoms. The van der Waals surface area contributed by atoms with Crippen molar-refractivity contribution in [1.29, 1.82) is 0 Å². The van der Waals surface area contributed by atoms with Crippen LogP contribution in [0.3, 0.4) is 0 Å². The standard InChI is InChI=1S/C26H26NO3P/c1-18(28)31(30,19(2)29)17-20-14-15-25-23(16-20)26(3,4)22-12-8-9-13-24(22)27(25)21-10-6-5-7-11-21/h5-16H,17H2,1-4H3. The first-order valence-electron chi connectivity index (χ1n) is 10.4. The first-order chi connectivity index (χ1) is 14.7. The minimum absolute atomic E-state index is 0.0337. The van der Waals surface area contributed by atoms with Crippen molar-refractivity contribution in [3.05, 3.63) is 89.5 Å². The smallest absolute Gasteiger partial charge is 0.214 e. The lowest BCUT2D eigenvalue weighted by atomic mass is 9.73. The van der Waals surface area contributed by atoms with Crippen LogP contribution < -0.4 is 4.90 Å². The number of hydrogen-bond acceptors (Lipinski definition) is 4. The van der Waals surface area contributed by atoms with Crippen molar-refractivity contribution in [2.24, 2.45) is 0 Å². The Morgan fingerprint density at radius 1 is 0.806 bits per heavy atom. The Labute approximate surface area is 183 Å². The molecule has 4 rings (SSSR count). The highest BCUT2D eigenvalue weighted by Gasteiger charge is 2.38. The van der Waals surface area contributed by atoms with Gasteiger partial charge < -0.3 is 9.46 Å². The van der Waals surface area contributed by atoms with Gasteiger partial charge in [0.25, 0.3) is 0 Å². The van der Waals surface area contributed by atoms with Crippen molar-refractivity contribution >= 4 is 35.3 Å². The van der Waals surface area contributed by atoms with Crippen LogP contribution in [-0.4, -0.2) is 11.0 Å². The second-order valence-electron chi connectivity index (χ2n) is 8.60. The van der Waals surface area contributed by atoms with Gasteiger partial charge in [-0.2, -0.15) is 0 Å². The fourth-order valence-corrected chi connectivity index (χ4v) is 6.01. The molecule has 0 saturated carbocycles. The summed E-state index contributed by atoms with van der Waals surface area (Å²) < 4.78 is 13.1. The van der Waals surface area contributed by atoms with E-state index in [9.17, 15) is 14.2 Å². The molecule has 5 heteroatoms. The van der Waals surface area contributed by atoms with Crippen LogP contribution in [0.25, 0.3) is 0 Å². The van der Waals surface area contributed by atoms with E-state index in [4.69, 9.17) is 0 Å². The number of para-hydroxylation sites is 2. The molecule has 3 aromatic rings. The third kappa shape index (κ3) is 3.45. The molecule has 0 saturated heterocycles. The highest BCUT2D eigenvalue weighted by Crippen LogP contribution is 2.54. The molecule has 0 aliphatic carbocycles. The number of carbonyl (C=O) groups excluding carboxylic acids is 2. The van der Waals surface area contributed by atoms with E-state index < -0.39 is 18.2 Å². The summed E-state index contributed by atoms with van der Waals surface area (Å²) in [6.07, 6.45) is -0.0337. The minimum Gasteiger partial charge on any atom is -0.310 e. The maximum atomic E-state index is 13.1. The van der Waals surface area contributed by atoms with E-state index in [1.54, 1.807) is 0 Å². The number of anilines is 3. The summed E-state index contributed by atoms with van der Waals surface area (Å²) in [4.78, 5) is 26.3. The van der Waals surface area contributed by atoms with Gasteiger partial charge in [0.05, 0.1) is 11.4 Å². The zero-order chi connectivity index (χ0) is 22.4. The second-order valence-corrected chi connectivity index (χ2v) is 11.7. The Morgan fingerprint density at radius 2 is 1.39 bits per heavy atom. The lowest BCUT2D eigenvalue weighted by Gasteiger charge is -2.42. The zero-order valence-electron chi connectivity index (χ0n) is 18.3. The van der Waals surface area contributed by atoms with E-state index in [1.165, 1.54) is 19.4 Å². The predicted octanol–water partition coefficient (Wildman–Crippen LogP) is 6.75. The molecule has 1 heterocycles. The quantitative estimate of drug-likeness (QED) is 0.419. The Hall–Kier alpha value is -2.97. The van der Waals surface area contributed by atoms with Gasteiger partial charge in [-0.25, -0.2) is 0 Å². The average Bonchev–Trinajstić information content (AvgIpc) is 2.75. The molecule has 0 bridgehead atoms. The minimum atomic E-state index is -3.59. The molecule has 1 aliphatic rings. The number of carbonyl (C=O) groups is 2. The molecule has 0 amide bonds. The summed E-state index contributed by atoms with van der Waals surface area (Å²) in [5.74, 6) is 0. The van der Waals surface area contributed by atoms with Crippen molar-refractivity contribution in [2.75, 3.05) is 4.90 Å². The Bertz CT molecular complexity index is 1210. The van der Waals surface area contributed by atoms with Gasteiger partial charge in [0, 0.05) is 31.1 Å². The second kappa shape index (κ2) is 7.62. The van der Waals surface area contributed by atoms with E-state index in [1.807, 2.05) is 48.5 Å². The lowest BCUT2D eigenvalue weighted by Crippen LogP contribution is -2.30. The van der Waals surface area contributed by atoms with E-state index in [0.29, 0.717) is 0 Å². The summed E-state index contributed by atoms with van der Waals surface area (Å²) in [7, 11) is -3.59. The van der Waals surface area contributed by atoms with E-state index in [2.05, 4.69) is 43.0 Å².